The molecular weight excluding hydrogens is 186 g/mol. The van der Waals surface area contributed by atoms with Crippen molar-refractivity contribution < 1.29 is 0 Å². The summed E-state index contributed by atoms with van der Waals surface area (Å²) >= 11 is 5.55. The molecule has 1 aromatic heterocycles. The van der Waals surface area contributed by atoms with E-state index in [-0.39, 0.29) is 0 Å². The van der Waals surface area contributed by atoms with E-state index in [1.165, 1.54) is 0 Å². The SMILES string of the molecule is Cc1cnc(NCCCCCl)nc1. The van der Waals surface area contributed by atoms with E-state index in [0.29, 0.717) is 5.95 Å². The quantitative estimate of drug-likeness (QED) is 0.584. The zero-order chi connectivity index (χ0) is 9.52. The predicted octanol–water partition coefficient (Wildman–Crippen LogP) is 2.22. The van der Waals surface area contributed by atoms with Crippen molar-refractivity contribution in [3.63, 3.8) is 0 Å². The molecule has 0 fully saturated rings. The van der Waals surface area contributed by atoms with E-state index in [2.05, 4.69) is 15.3 Å². The maximum atomic E-state index is 5.55. The van der Waals surface area contributed by atoms with Gasteiger partial charge >= 0.3 is 0 Å². The molecule has 0 bridgehead atoms. The van der Waals surface area contributed by atoms with Crippen LogP contribution < -0.4 is 5.32 Å². The van der Waals surface area contributed by atoms with Gasteiger partial charge in [-0.25, -0.2) is 9.97 Å². The summed E-state index contributed by atoms with van der Waals surface area (Å²) in [5.41, 5.74) is 1.08. The highest BCUT2D eigenvalue weighted by Crippen LogP contribution is 1.99. The van der Waals surface area contributed by atoms with Crippen molar-refractivity contribution in [1.82, 2.24) is 9.97 Å². The fraction of sp³-hybridized carbons (Fsp3) is 0.556. The lowest BCUT2D eigenvalue weighted by molar-refractivity contribution is 0.830. The van der Waals surface area contributed by atoms with Crippen LogP contribution in [0.25, 0.3) is 0 Å². The van der Waals surface area contributed by atoms with Gasteiger partial charge in [-0.15, -0.1) is 11.6 Å². The Kier molecular flexibility index (Phi) is 4.54. The average Bonchev–Trinajstić information content (AvgIpc) is 2.15. The third-order valence-corrected chi connectivity index (χ3v) is 1.89. The molecule has 0 spiro atoms. The van der Waals surface area contributed by atoms with Gasteiger partial charge in [0, 0.05) is 24.8 Å². The third kappa shape index (κ3) is 4.08. The number of halogens is 1. The summed E-state index contributed by atoms with van der Waals surface area (Å²) in [5.74, 6) is 1.41. The summed E-state index contributed by atoms with van der Waals surface area (Å²) in [4.78, 5) is 8.24. The maximum Gasteiger partial charge on any atom is 0.222 e. The van der Waals surface area contributed by atoms with Crippen molar-refractivity contribution in [2.24, 2.45) is 0 Å². The number of nitrogens with one attached hydrogen (secondary N) is 1. The molecule has 72 valence electrons. The third-order valence-electron chi connectivity index (χ3n) is 1.62. The fourth-order valence-corrected chi connectivity index (χ4v) is 1.09. The highest BCUT2D eigenvalue weighted by Gasteiger charge is 1.93. The second kappa shape index (κ2) is 5.75. The number of anilines is 1. The summed E-state index contributed by atoms with van der Waals surface area (Å²) < 4.78 is 0. The normalized spacial score (nSPS) is 10.0. The van der Waals surface area contributed by atoms with Crippen LogP contribution >= 0.6 is 11.6 Å². The average molecular weight is 200 g/mol. The van der Waals surface area contributed by atoms with Gasteiger partial charge in [0.25, 0.3) is 0 Å². The summed E-state index contributed by atoms with van der Waals surface area (Å²) in [5, 5.41) is 3.13. The van der Waals surface area contributed by atoms with E-state index < -0.39 is 0 Å². The summed E-state index contributed by atoms with van der Waals surface area (Å²) in [6.07, 6.45) is 5.69. The van der Waals surface area contributed by atoms with Crippen molar-refractivity contribution in [3.05, 3.63) is 18.0 Å². The van der Waals surface area contributed by atoms with Crippen LogP contribution in [0.15, 0.2) is 12.4 Å². The van der Waals surface area contributed by atoms with Crippen LogP contribution in [0.4, 0.5) is 5.95 Å². The largest absolute Gasteiger partial charge is 0.354 e. The van der Waals surface area contributed by atoms with Gasteiger partial charge in [-0.1, -0.05) is 0 Å². The molecule has 13 heavy (non-hydrogen) atoms. The number of alkyl halides is 1. The van der Waals surface area contributed by atoms with Crippen LogP contribution in [0.5, 0.6) is 0 Å². The highest BCUT2D eigenvalue weighted by molar-refractivity contribution is 6.17. The Labute approximate surface area is 83.5 Å². The lowest BCUT2D eigenvalue weighted by Crippen LogP contribution is -2.05. The predicted molar refractivity (Wildman–Crippen MR) is 55.2 cm³/mol. The first-order valence-electron chi connectivity index (χ1n) is 4.41. The molecule has 4 heteroatoms. The number of aryl methyl sites for hydroxylation is 1. The van der Waals surface area contributed by atoms with Gasteiger partial charge in [-0.3, -0.25) is 0 Å². The molecule has 1 heterocycles. The Morgan fingerprint density at radius 1 is 1.31 bits per heavy atom. The minimum Gasteiger partial charge on any atom is -0.354 e. The van der Waals surface area contributed by atoms with E-state index in [4.69, 9.17) is 11.6 Å². The first-order chi connectivity index (χ1) is 6.33. The Morgan fingerprint density at radius 3 is 2.62 bits per heavy atom. The summed E-state index contributed by atoms with van der Waals surface area (Å²) in [6.45, 7) is 2.85. The molecule has 0 saturated heterocycles. The molecule has 0 atom stereocenters. The van der Waals surface area contributed by atoms with Gasteiger partial charge in [0.05, 0.1) is 0 Å². The van der Waals surface area contributed by atoms with E-state index >= 15 is 0 Å². The molecule has 1 aromatic rings. The van der Waals surface area contributed by atoms with Crippen LogP contribution in [0.3, 0.4) is 0 Å². The number of aromatic nitrogens is 2. The zero-order valence-corrected chi connectivity index (χ0v) is 8.51. The van der Waals surface area contributed by atoms with Gasteiger partial charge in [-0.05, 0) is 25.3 Å². The first kappa shape index (κ1) is 10.3. The van der Waals surface area contributed by atoms with E-state index in [0.717, 1.165) is 30.8 Å². The number of rotatable bonds is 5. The lowest BCUT2D eigenvalue weighted by atomic mass is 10.3. The number of nitrogens with zero attached hydrogens (tertiary/aromatic N) is 2. The van der Waals surface area contributed by atoms with Crippen molar-refractivity contribution in [3.8, 4) is 0 Å². The second-order valence-electron chi connectivity index (χ2n) is 2.91. The smallest absolute Gasteiger partial charge is 0.222 e. The molecule has 3 nitrogen and oxygen atoms in total. The first-order valence-corrected chi connectivity index (χ1v) is 4.95. The Balaban J connectivity index is 2.25. The molecule has 0 aliphatic carbocycles. The standard InChI is InChI=1S/C9H14ClN3/c1-8-6-12-9(13-7-8)11-5-3-2-4-10/h6-7H,2-5H2,1H3,(H,11,12,13). The van der Waals surface area contributed by atoms with Gasteiger partial charge < -0.3 is 5.32 Å². The minimum absolute atomic E-state index is 0.695. The van der Waals surface area contributed by atoms with Crippen LogP contribution in [0.1, 0.15) is 18.4 Å². The minimum atomic E-state index is 0.695. The molecule has 0 amide bonds. The van der Waals surface area contributed by atoms with Crippen LogP contribution in [0, 0.1) is 6.92 Å². The van der Waals surface area contributed by atoms with Gasteiger partial charge in [-0.2, -0.15) is 0 Å². The van der Waals surface area contributed by atoms with Crippen molar-refractivity contribution >= 4 is 17.5 Å². The van der Waals surface area contributed by atoms with Gasteiger partial charge in [0.15, 0.2) is 0 Å². The van der Waals surface area contributed by atoms with Crippen LogP contribution in [-0.4, -0.2) is 22.4 Å². The molecule has 0 aliphatic heterocycles. The molecule has 1 N–H and O–H groups in total. The molecule has 0 unspecified atom stereocenters. The fourth-order valence-electron chi connectivity index (χ4n) is 0.904. The molecule has 0 aromatic carbocycles. The zero-order valence-electron chi connectivity index (χ0n) is 7.76. The maximum absolute atomic E-state index is 5.55. The van der Waals surface area contributed by atoms with Gasteiger partial charge in [0.1, 0.15) is 0 Å². The van der Waals surface area contributed by atoms with E-state index in [9.17, 15) is 0 Å². The number of unbranched alkanes of at least 4 members (excludes halogenated alkanes) is 1. The molecule has 0 saturated carbocycles. The topological polar surface area (TPSA) is 37.8 Å². The van der Waals surface area contributed by atoms with Crippen LogP contribution in [-0.2, 0) is 0 Å². The molecule has 1 rings (SSSR count). The lowest BCUT2D eigenvalue weighted by Gasteiger charge is -2.02. The Morgan fingerprint density at radius 2 is 2.00 bits per heavy atom. The monoisotopic (exact) mass is 199 g/mol. The van der Waals surface area contributed by atoms with Gasteiger partial charge in [0.2, 0.25) is 5.95 Å². The van der Waals surface area contributed by atoms with Crippen molar-refractivity contribution in [2.45, 2.75) is 19.8 Å². The molecular formula is C9H14ClN3. The summed E-state index contributed by atoms with van der Waals surface area (Å²) in [6, 6.07) is 0. The van der Waals surface area contributed by atoms with E-state index in [1.807, 2.05) is 6.92 Å². The second-order valence-corrected chi connectivity index (χ2v) is 3.28. The summed E-state index contributed by atoms with van der Waals surface area (Å²) in [7, 11) is 0. The molecule has 0 radical (unpaired) electrons. The Hall–Kier alpha value is -0.830. The van der Waals surface area contributed by atoms with Crippen molar-refractivity contribution in [1.29, 1.82) is 0 Å². The Bertz CT molecular complexity index is 235. The number of hydrogen-bond donors (Lipinski definition) is 1. The highest BCUT2D eigenvalue weighted by atomic mass is 35.5. The molecule has 0 aliphatic rings. The van der Waals surface area contributed by atoms with Crippen LogP contribution in [0.2, 0.25) is 0 Å². The van der Waals surface area contributed by atoms with E-state index in [1.54, 1.807) is 12.4 Å². The van der Waals surface area contributed by atoms with Crippen molar-refractivity contribution in [2.75, 3.05) is 17.7 Å². The number of hydrogen-bond acceptors (Lipinski definition) is 3.